The van der Waals surface area contributed by atoms with Crippen LogP contribution in [0, 0.1) is 34.0 Å². The van der Waals surface area contributed by atoms with Crippen LogP contribution in [-0.4, -0.2) is 23.8 Å². The molecule has 4 aliphatic carbocycles. The van der Waals surface area contributed by atoms with E-state index in [9.17, 15) is 9.90 Å². The summed E-state index contributed by atoms with van der Waals surface area (Å²) in [4.78, 5) is 12.3. The zero-order chi connectivity index (χ0) is 20.3. The van der Waals surface area contributed by atoms with Gasteiger partial charge in [0.05, 0.1) is 18.1 Å². The average molecular weight is 387 g/mol. The van der Waals surface area contributed by atoms with Crippen LogP contribution in [-0.2, 0) is 9.53 Å². The molecule has 156 valence electrons. The summed E-state index contributed by atoms with van der Waals surface area (Å²) in [6, 6.07) is 0. The second-order valence-electron chi connectivity index (χ2n) is 10.8. The van der Waals surface area contributed by atoms with E-state index in [1.165, 1.54) is 36.8 Å². The van der Waals surface area contributed by atoms with Gasteiger partial charge in [-0.2, -0.15) is 0 Å². The van der Waals surface area contributed by atoms with Crippen LogP contribution in [0.25, 0.3) is 0 Å². The Morgan fingerprint density at radius 1 is 1.21 bits per heavy atom. The highest BCUT2D eigenvalue weighted by Crippen LogP contribution is 2.72. The molecule has 0 saturated heterocycles. The first-order valence-electron chi connectivity index (χ1n) is 11.3. The van der Waals surface area contributed by atoms with E-state index in [0.717, 1.165) is 25.7 Å². The molecule has 1 N–H and O–H groups in total. The first-order chi connectivity index (χ1) is 13.2. The predicted molar refractivity (Wildman–Crippen MR) is 112 cm³/mol. The molecule has 0 amide bonds. The predicted octanol–water partition coefficient (Wildman–Crippen LogP) is 6.00. The van der Waals surface area contributed by atoms with Crippen LogP contribution < -0.4 is 0 Å². The highest BCUT2D eigenvalue weighted by molar-refractivity contribution is 5.75. The monoisotopic (exact) mass is 386 g/mol. The van der Waals surface area contributed by atoms with Gasteiger partial charge >= 0.3 is 5.97 Å². The van der Waals surface area contributed by atoms with Crippen LogP contribution >= 0.6 is 0 Å². The number of hydrogen-bond acceptors (Lipinski definition) is 2. The molecule has 1 spiro atoms. The minimum Gasteiger partial charge on any atom is -0.481 e. The molecule has 2 bridgehead atoms. The smallest absolute Gasteiger partial charge is 0.309 e. The number of aliphatic carboxylic acids is 1. The van der Waals surface area contributed by atoms with Crippen molar-refractivity contribution in [1.82, 2.24) is 0 Å². The van der Waals surface area contributed by atoms with Crippen LogP contribution in [0.4, 0.5) is 0 Å². The van der Waals surface area contributed by atoms with E-state index >= 15 is 0 Å². The molecule has 28 heavy (non-hydrogen) atoms. The molecule has 4 saturated carbocycles. The lowest BCUT2D eigenvalue weighted by molar-refractivity contribution is -0.193. The molecule has 0 radical (unpaired) electrons. The molecule has 0 aliphatic heterocycles. The number of carboxylic acid groups (broad SMARTS) is 1. The van der Waals surface area contributed by atoms with Gasteiger partial charge in [-0.15, -0.1) is 0 Å². The maximum Gasteiger partial charge on any atom is 0.309 e. The Hall–Kier alpha value is -1.09. The number of fused-ring (bicyclic) bond motifs is 3. The van der Waals surface area contributed by atoms with Gasteiger partial charge in [0, 0.05) is 5.41 Å². The number of ether oxygens (including phenoxy) is 1. The molecule has 4 rings (SSSR count). The third kappa shape index (κ3) is 2.61. The second kappa shape index (κ2) is 6.72. The van der Waals surface area contributed by atoms with Gasteiger partial charge in [0.25, 0.3) is 0 Å². The summed E-state index contributed by atoms with van der Waals surface area (Å²) < 4.78 is 6.58. The summed E-state index contributed by atoms with van der Waals surface area (Å²) >= 11 is 0. The fraction of sp³-hybridized carbons (Fsp3) is 0.800. The topological polar surface area (TPSA) is 46.5 Å². The van der Waals surface area contributed by atoms with Crippen molar-refractivity contribution in [3.63, 3.8) is 0 Å². The summed E-state index contributed by atoms with van der Waals surface area (Å²) in [7, 11) is 0. The van der Waals surface area contributed by atoms with Crippen molar-refractivity contribution >= 4 is 5.97 Å². The Balaban J connectivity index is 1.70. The first-order valence-corrected chi connectivity index (χ1v) is 11.3. The molecule has 7 atom stereocenters. The first kappa shape index (κ1) is 20.2. The van der Waals surface area contributed by atoms with Gasteiger partial charge in [0.2, 0.25) is 0 Å². The molecule has 0 aromatic rings. The Bertz CT molecular complexity index is 709. The van der Waals surface area contributed by atoms with Gasteiger partial charge < -0.3 is 9.84 Å². The van der Waals surface area contributed by atoms with Crippen molar-refractivity contribution in [3.8, 4) is 0 Å². The van der Waals surface area contributed by atoms with E-state index in [4.69, 9.17) is 4.74 Å². The molecular formula is C25H38O3. The van der Waals surface area contributed by atoms with Gasteiger partial charge in [-0.25, -0.2) is 0 Å². The fourth-order valence-corrected chi connectivity index (χ4v) is 8.16. The van der Waals surface area contributed by atoms with Gasteiger partial charge in [-0.05, 0) is 94.5 Å². The molecule has 3 heteroatoms. The Morgan fingerprint density at radius 3 is 2.64 bits per heavy atom. The van der Waals surface area contributed by atoms with Crippen LogP contribution in [0.2, 0.25) is 0 Å². The molecule has 0 aromatic heterocycles. The normalized spacial score (nSPS) is 48.1. The standard InChI is InChI=1S/C25H38O3/c1-6-16(2)15-28-21-17(3)18-8-9-20-23(4)11-7-12-24(5,22(26)27)19(23)10-13-25(20,21)14-18/h6,18-21H,3,7-15H2,1-2,4-5H3,(H,26,27)/b16-6-/t18-,19+,20+,21+,23-,24+,25-/m0/s1. The maximum absolute atomic E-state index is 12.3. The minimum absolute atomic E-state index is 0.108. The van der Waals surface area contributed by atoms with Crippen molar-refractivity contribution < 1.29 is 14.6 Å². The molecular weight excluding hydrogens is 348 g/mol. The van der Waals surface area contributed by atoms with E-state index < -0.39 is 11.4 Å². The van der Waals surface area contributed by atoms with Crippen molar-refractivity contribution in [1.29, 1.82) is 0 Å². The molecule has 4 aliphatic rings. The highest BCUT2D eigenvalue weighted by atomic mass is 16.5. The maximum atomic E-state index is 12.3. The lowest BCUT2D eigenvalue weighted by atomic mass is 9.40. The van der Waals surface area contributed by atoms with E-state index in [1.54, 1.807) is 0 Å². The van der Waals surface area contributed by atoms with Crippen LogP contribution in [0.3, 0.4) is 0 Å². The molecule has 3 nitrogen and oxygen atoms in total. The Kier molecular flexibility index (Phi) is 4.85. The van der Waals surface area contributed by atoms with Crippen LogP contribution in [0.5, 0.6) is 0 Å². The van der Waals surface area contributed by atoms with Gasteiger partial charge in [0.1, 0.15) is 0 Å². The zero-order valence-corrected chi connectivity index (χ0v) is 18.2. The number of carbonyl (C=O) groups is 1. The van der Waals surface area contributed by atoms with E-state index in [1.807, 2.05) is 6.92 Å². The van der Waals surface area contributed by atoms with Gasteiger partial charge in [-0.1, -0.05) is 31.6 Å². The van der Waals surface area contributed by atoms with Crippen molar-refractivity contribution in [2.75, 3.05) is 6.61 Å². The summed E-state index contributed by atoms with van der Waals surface area (Å²) in [5.74, 6) is 0.858. The lowest BCUT2D eigenvalue weighted by Crippen LogP contribution is -2.60. The highest BCUT2D eigenvalue weighted by Gasteiger charge is 2.68. The zero-order valence-electron chi connectivity index (χ0n) is 18.2. The number of allylic oxidation sites excluding steroid dienone is 1. The summed E-state index contributed by atoms with van der Waals surface area (Å²) in [5.41, 5.74) is 2.31. The van der Waals surface area contributed by atoms with Gasteiger partial charge in [0.15, 0.2) is 0 Å². The lowest BCUT2D eigenvalue weighted by Gasteiger charge is -2.64. The quantitative estimate of drug-likeness (QED) is 0.603. The third-order valence-electron chi connectivity index (χ3n) is 9.64. The van der Waals surface area contributed by atoms with Crippen molar-refractivity contribution in [3.05, 3.63) is 23.8 Å². The fourth-order valence-electron chi connectivity index (χ4n) is 8.16. The number of rotatable bonds is 4. The molecule has 4 fully saturated rings. The van der Waals surface area contributed by atoms with Crippen molar-refractivity contribution in [2.24, 2.45) is 34.0 Å². The largest absolute Gasteiger partial charge is 0.481 e. The molecule has 0 heterocycles. The van der Waals surface area contributed by atoms with Crippen LogP contribution in [0.1, 0.15) is 79.1 Å². The van der Waals surface area contributed by atoms with Crippen molar-refractivity contribution in [2.45, 2.75) is 85.2 Å². The molecule has 0 unspecified atom stereocenters. The van der Waals surface area contributed by atoms with E-state index in [2.05, 4.69) is 33.4 Å². The van der Waals surface area contributed by atoms with Gasteiger partial charge in [-0.3, -0.25) is 4.79 Å². The number of hydrogen-bond donors (Lipinski definition) is 1. The number of carboxylic acids is 1. The Labute approximate surface area is 170 Å². The summed E-state index contributed by atoms with van der Waals surface area (Å²) in [6.07, 6.45) is 11.1. The third-order valence-corrected chi connectivity index (χ3v) is 9.64. The summed E-state index contributed by atoms with van der Waals surface area (Å²) in [6.45, 7) is 13.9. The summed E-state index contributed by atoms with van der Waals surface area (Å²) in [5, 5.41) is 10.1. The second-order valence-corrected chi connectivity index (χ2v) is 10.8. The average Bonchev–Trinajstić information content (AvgIpc) is 2.85. The van der Waals surface area contributed by atoms with E-state index in [0.29, 0.717) is 18.4 Å². The minimum atomic E-state index is -0.583. The van der Waals surface area contributed by atoms with E-state index in [-0.39, 0.29) is 22.9 Å². The Morgan fingerprint density at radius 2 is 1.96 bits per heavy atom. The molecule has 0 aromatic carbocycles. The SMILES string of the molecule is C=C1[C@H]2CC[C@@H]3[C@@]4(C)CCC[C@@](C)(C(=O)O)[C@@H]4CC[C@@]3(C2)[C@@H]1OC/C(C)=C\C. The van der Waals surface area contributed by atoms with Crippen LogP contribution in [0.15, 0.2) is 23.8 Å².